The molecule has 2 N–H and O–H groups in total. The van der Waals surface area contributed by atoms with Crippen molar-refractivity contribution in [3.63, 3.8) is 0 Å². The summed E-state index contributed by atoms with van der Waals surface area (Å²) in [7, 11) is -3.45. The van der Waals surface area contributed by atoms with Crippen molar-refractivity contribution < 1.29 is 18.0 Å². The Hall–Kier alpha value is -2.97. The van der Waals surface area contributed by atoms with E-state index < -0.39 is 15.4 Å². The Morgan fingerprint density at radius 2 is 1.69 bits per heavy atom. The number of hydrogen-bond acceptors (Lipinski definition) is 4. The van der Waals surface area contributed by atoms with Crippen LogP contribution in [0.1, 0.15) is 30.9 Å². The summed E-state index contributed by atoms with van der Waals surface area (Å²) in [6.45, 7) is 6.27. The molecular weight excluding hydrogens is 426 g/mol. The fourth-order valence-corrected chi connectivity index (χ4v) is 5.10. The summed E-state index contributed by atoms with van der Waals surface area (Å²) in [4.78, 5) is 27.0. The van der Waals surface area contributed by atoms with E-state index in [2.05, 4.69) is 16.6 Å². The molecule has 1 heterocycles. The van der Waals surface area contributed by atoms with Crippen molar-refractivity contribution in [2.24, 2.45) is 0 Å². The standard InChI is InChI=1S/C24H29N3O4S/c1-3-15-25-32(30,31)18-20-9-11-22(12-10-20)26-23(29)24(21-7-5-4-6-8-21)13-16-27(17-14-24)19(2)28/h3-12,25H,1,13-18H2,2H3,(H,26,29). The fourth-order valence-electron chi connectivity index (χ4n) is 4.00. The first-order valence-corrected chi connectivity index (χ1v) is 12.2. The summed E-state index contributed by atoms with van der Waals surface area (Å²) in [6, 6.07) is 16.4. The van der Waals surface area contributed by atoms with E-state index in [1.165, 1.54) is 6.08 Å². The lowest BCUT2D eigenvalue weighted by molar-refractivity contribution is -0.133. The van der Waals surface area contributed by atoms with Crippen molar-refractivity contribution in [1.29, 1.82) is 0 Å². The Kier molecular flexibility index (Phi) is 7.48. The monoisotopic (exact) mass is 455 g/mol. The van der Waals surface area contributed by atoms with E-state index in [9.17, 15) is 18.0 Å². The molecular formula is C24H29N3O4S. The van der Waals surface area contributed by atoms with Crippen molar-refractivity contribution in [2.45, 2.75) is 30.9 Å². The van der Waals surface area contributed by atoms with Gasteiger partial charge in [-0.2, -0.15) is 0 Å². The molecule has 0 aromatic heterocycles. The third-order valence-corrected chi connectivity index (χ3v) is 7.16. The van der Waals surface area contributed by atoms with Crippen LogP contribution in [0.15, 0.2) is 67.3 Å². The molecule has 170 valence electrons. The minimum absolute atomic E-state index is 0.0141. The van der Waals surface area contributed by atoms with Crippen LogP contribution in [0.4, 0.5) is 5.69 Å². The average molecular weight is 456 g/mol. The molecule has 1 saturated heterocycles. The summed E-state index contributed by atoms with van der Waals surface area (Å²) in [5, 5.41) is 3.00. The van der Waals surface area contributed by atoms with Gasteiger partial charge in [0.15, 0.2) is 0 Å². The lowest BCUT2D eigenvalue weighted by atomic mass is 9.72. The predicted molar refractivity (Wildman–Crippen MR) is 126 cm³/mol. The molecule has 0 saturated carbocycles. The van der Waals surface area contributed by atoms with Gasteiger partial charge in [-0.3, -0.25) is 9.59 Å². The zero-order valence-corrected chi connectivity index (χ0v) is 19.0. The molecule has 0 radical (unpaired) electrons. The summed E-state index contributed by atoms with van der Waals surface area (Å²) in [6.07, 6.45) is 2.56. The summed E-state index contributed by atoms with van der Waals surface area (Å²) in [5.74, 6) is -0.260. The van der Waals surface area contributed by atoms with E-state index in [1.54, 1.807) is 36.1 Å². The van der Waals surface area contributed by atoms with Crippen molar-refractivity contribution in [3.05, 3.63) is 78.4 Å². The molecule has 0 aliphatic carbocycles. The topological polar surface area (TPSA) is 95.6 Å². The first-order valence-electron chi connectivity index (χ1n) is 10.6. The molecule has 2 aromatic rings. The highest BCUT2D eigenvalue weighted by molar-refractivity contribution is 7.88. The van der Waals surface area contributed by atoms with Crippen molar-refractivity contribution in [1.82, 2.24) is 9.62 Å². The van der Waals surface area contributed by atoms with Gasteiger partial charge in [0.05, 0.1) is 11.2 Å². The van der Waals surface area contributed by atoms with Crippen molar-refractivity contribution >= 4 is 27.5 Å². The molecule has 0 atom stereocenters. The van der Waals surface area contributed by atoms with Crippen LogP contribution in [0.25, 0.3) is 0 Å². The summed E-state index contributed by atoms with van der Waals surface area (Å²) >= 11 is 0. The average Bonchev–Trinajstić information content (AvgIpc) is 2.79. The maximum Gasteiger partial charge on any atom is 0.235 e. The lowest BCUT2D eigenvalue weighted by Crippen LogP contribution is -2.50. The van der Waals surface area contributed by atoms with Crippen LogP contribution in [0.2, 0.25) is 0 Å². The minimum Gasteiger partial charge on any atom is -0.343 e. The number of nitrogens with one attached hydrogen (secondary N) is 2. The van der Waals surface area contributed by atoms with Gasteiger partial charge in [-0.25, -0.2) is 13.1 Å². The highest BCUT2D eigenvalue weighted by Gasteiger charge is 2.43. The highest BCUT2D eigenvalue weighted by Crippen LogP contribution is 2.37. The van der Waals surface area contributed by atoms with Crippen LogP contribution in [0, 0.1) is 0 Å². The molecule has 1 fully saturated rings. The SMILES string of the molecule is C=CCNS(=O)(=O)Cc1ccc(NC(=O)C2(c3ccccc3)CCN(C(C)=O)CC2)cc1. The normalized spacial score (nSPS) is 15.7. The third kappa shape index (κ3) is 5.63. The first-order chi connectivity index (χ1) is 15.3. The Morgan fingerprint density at radius 3 is 2.25 bits per heavy atom. The number of benzene rings is 2. The largest absolute Gasteiger partial charge is 0.343 e. The van der Waals surface area contributed by atoms with E-state index in [4.69, 9.17) is 0 Å². The van der Waals surface area contributed by atoms with E-state index >= 15 is 0 Å². The number of rotatable bonds is 8. The molecule has 0 bridgehead atoms. The molecule has 3 rings (SSSR count). The Bertz CT molecular complexity index is 1060. The lowest BCUT2D eigenvalue weighted by Gasteiger charge is -2.40. The minimum atomic E-state index is -3.45. The number of nitrogens with zero attached hydrogens (tertiary/aromatic N) is 1. The second-order valence-corrected chi connectivity index (χ2v) is 9.81. The number of carbonyl (C=O) groups is 2. The predicted octanol–water partition coefficient (Wildman–Crippen LogP) is 2.81. The van der Waals surface area contributed by atoms with Gasteiger partial charge in [0.25, 0.3) is 0 Å². The van der Waals surface area contributed by atoms with Gasteiger partial charge in [-0.1, -0.05) is 48.5 Å². The molecule has 7 nitrogen and oxygen atoms in total. The van der Waals surface area contributed by atoms with Crippen molar-refractivity contribution in [2.75, 3.05) is 25.0 Å². The van der Waals surface area contributed by atoms with Gasteiger partial charge in [0, 0.05) is 32.2 Å². The first kappa shape index (κ1) is 23.7. The van der Waals surface area contributed by atoms with E-state index in [0.29, 0.717) is 37.2 Å². The Morgan fingerprint density at radius 1 is 1.06 bits per heavy atom. The van der Waals surface area contributed by atoms with E-state index in [-0.39, 0.29) is 24.1 Å². The fraction of sp³-hybridized carbons (Fsp3) is 0.333. The zero-order chi connectivity index (χ0) is 23.2. The quantitative estimate of drug-likeness (QED) is 0.599. The summed E-state index contributed by atoms with van der Waals surface area (Å²) < 4.78 is 26.5. The molecule has 8 heteroatoms. The molecule has 2 amide bonds. The van der Waals surface area contributed by atoms with Gasteiger partial charge in [0.2, 0.25) is 21.8 Å². The molecule has 0 unspecified atom stereocenters. The van der Waals surface area contributed by atoms with Gasteiger partial charge < -0.3 is 10.2 Å². The van der Waals surface area contributed by atoms with Crippen LogP contribution in [-0.4, -0.2) is 44.8 Å². The molecule has 1 aliphatic heterocycles. The van der Waals surface area contributed by atoms with Crippen molar-refractivity contribution in [3.8, 4) is 0 Å². The second-order valence-electron chi connectivity index (χ2n) is 8.00. The molecule has 0 spiro atoms. The number of anilines is 1. The number of carbonyl (C=O) groups excluding carboxylic acids is 2. The van der Waals surface area contributed by atoms with Crippen LogP contribution in [-0.2, 0) is 30.8 Å². The van der Waals surface area contributed by atoms with Gasteiger partial charge in [-0.05, 0) is 36.1 Å². The number of piperidine rings is 1. The smallest absolute Gasteiger partial charge is 0.235 e. The number of likely N-dealkylation sites (tertiary alicyclic amines) is 1. The van der Waals surface area contributed by atoms with Crippen LogP contribution in [0.5, 0.6) is 0 Å². The second kappa shape index (κ2) is 10.1. The van der Waals surface area contributed by atoms with E-state index in [1.807, 2.05) is 30.3 Å². The highest BCUT2D eigenvalue weighted by atomic mass is 32.2. The molecule has 32 heavy (non-hydrogen) atoms. The Labute approximate surface area is 189 Å². The Balaban J connectivity index is 1.76. The third-order valence-electron chi connectivity index (χ3n) is 5.84. The van der Waals surface area contributed by atoms with E-state index in [0.717, 1.165) is 5.56 Å². The van der Waals surface area contributed by atoms with Crippen LogP contribution >= 0.6 is 0 Å². The van der Waals surface area contributed by atoms with Crippen LogP contribution < -0.4 is 10.0 Å². The molecule has 2 aromatic carbocycles. The molecule has 1 aliphatic rings. The van der Waals surface area contributed by atoms with Gasteiger partial charge in [-0.15, -0.1) is 6.58 Å². The van der Waals surface area contributed by atoms with Gasteiger partial charge >= 0.3 is 0 Å². The number of sulfonamides is 1. The van der Waals surface area contributed by atoms with Gasteiger partial charge in [0.1, 0.15) is 0 Å². The number of amides is 2. The van der Waals surface area contributed by atoms with Crippen LogP contribution in [0.3, 0.4) is 0 Å². The maximum absolute atomic E-state index is 13.5. The maximum atomic E-state index is 13.5. The number of hydrogen-bond donors (Lipinski definition) is 2. The zero-order valence-electron chi connectivity index (χ0n) is 18.2. The summed E-state index contributed by atoms with van der Waals surface area (Å²) in [5.41, 5.74) is 1.41.